The van der Waals surface area contributed by atoms with Gasteiger partial charge in [0.2, 0.25) is 5.69 Å². The minimum Gasteiger partial charge on any atom is -0.123 e. The number of hydrogen-bond acceptors (Lipinski definition) is 0. The first kappa shape index (κ1) is 11.8. The summed E-state index contributed by atoms with van der Waals surface area (Å²) in [4.78, 5) is 0. The number of aryl methyl sites for hydroxylation is 3. The molecule has 0 bridgehead atoms. The predicted octanol–water partition coefficient (Wildman–Crippen LogP) is 7.13. The van der Waals surface area contributed by atoms with E-state index >= 15 is 0 Å². The monoisotopic (exact) mass is 447 g/mol. The average Bonchev–Trinajstić information content (AvgIpc) is 3.19. The predicted molar refractivity (Wildman–Crippen MR) is 138 cm³/mol. The second-order valence-corrected chi connectivity index (χ2v) is 9.21. The quantitative estimate of drug-likeness (QED) is 0.289. The lowest BCUT2D eigenvalue weighted by atomic mass is 9.59. The van der Waals surface area contributed by atoms with Crippen molar-refractivity contribution in [3.8, 4) is 28.1 Å². The van der Waals surface area contributed by atoms with Crippen LogP contribution in [0.1, 0.15) is 71.9 Å². The van der Waals surface area contributed by atoms with Crippen LogP contribution < -0.4 is 4.68 Å². The van der Waals surface area contributed by atoms with Gasteiger partial charge in [-0.05, 0) is 49.5 Å². The van der Waals surface area contributed by atoms with Crippen LogP contribution in [0, 0.1) is 20.7 Å². The highest BCUT2D eigenvalue weighted by atomic mass is 15.4. The van der Waals surface area contributed by atoms with Crippen molar-refractivity contribution in [2.75, 3.05) is 0 Å². The van der Waals surface area contributed by atoms with Crippen molar-refractivity contribution >= 4 is 0 Å². The van der Waals surface area contributed by atoms with E-state index in [1.165, 1.54) is 23.7 Å². The lowest BCUT2D eigenvalue weighted by molar-refractivity contribution is -0.735. The topological polar surface area (TPSA) is 8.81 Å². The number of hydrogen-bond donors (Lipinski definition) is 0. The van der Waals surface area contributed by atoms with Crippen LogP contribution in [0.2, 0.25) is 0 Å². The van der Waals surface area contributed by atoms with E-state index in [9.17, 15) is 0 Å². The zero-order valence-electron chi connectivity index (χ0n) is 31.2. The molecular formula is C31H35N2+. The lowest BCUT2D eigenvalue weighted by Gasteiger charge is -2.46. The highest BCUT2D eigenvalue weighted by Crippen LogP contribution is 2.54. The van der Waals surface area contributed by atoms with E-state index in [2.05, 4.69) is 0 Å². The summed E-state index contributed by atoms with van der Waals surface area (Å²) in [7, 11) is 1.65. The van der Waals surface area contributed by atoms with Crippen LogP contribution in [-0.2, 0) is 17.9 Å². The second-order valence-electron chi connectivity index (χ2n) is 9.21. The zero-order chi connectivity index (χ0) is 33.7. The lowest BCUT2D eigenvalue weighted by Crippen LogP contribution is -2.51. The summed E-state index contributed by atoms with van der Waals surface area (Å²) in [6.45, 7) is -7.56. The highest BCUT2D eigenvalue weighted by Gasteiger charge is 2.52. The molecule has 1 aliphatic heterocycles. The van der Waals surface area contributed by atoms with Crippen LogP contribution in [0.5, 0.6) is 0 Å². The summed E-state index contributed by atoms with van der Waals surface area (Å²) in [6.07, 6.45) is 0. The van der Waals surface area contributed by atoms with Crippen molar-refractivity contribution in [1.82, 2.24) is 4.68 Å². The number of aromatic nitrogens is 2. The van der Waals surface area contributed by atoms with Crippen molar-refractivity contribution in [1.29, 1.82) is 0 Å². The SMILES string of the molecule is [2H]C([2H])([2H])c1cc(C)cc(-c2c(-c3ccccc3)c3n([n+]2C)-c2c(C)cccc2C(C)(C([2H])([2H])[2H])C3(C([2H])([2H])[2H])C([2H])([2H])[2H])c1. The van der Waals surface area contributed by atoms with E-state index < -0.39 is 38.2 Å². The van der Waals surface area contributed by atoms with Gasteiger partial charge in [-0.15, -0.1) is 9.36 Å². The standard InChI is InChI=1S/C31H35N2/c1-20-17-21(2)19-24(18-20)28-26(23-14-10-9-11-15-23)29-31(6,7)30(4,5)25-16-12-13-22(3)27(25)33(29)32(28)8/h9-19H,1-8H3/q+1/i1D3,4D3,6D3,7D3. The van der Waals surface area contributed by atoms with Gasteiger partial charge in [-0.3, -0.25) is 0 Å². The third-order valence-corrected chi connectivity index (χ3v) is 6.82. The molecule has 2 heteroatoms. The average molecular weight is 448 g/mol. The molecule has 0 radical (unpaired) electrons. The molecule has 0 saturated heterocycles. The Hall–Kier alpha value is -3.13. The fourth-order valence-corrected chi connectivity index (χ4v) is 5.15. The smallest absolute Gasteiger partial charge is 0.123 e. The van der Waals surface area contributed by atoms with Gasteiger partial charge in [0.05, 0.1) is 5.56 Å². The molecule has 3 aromatic carbocycles. The van der Waals surface area contributed by atoms with Crippen molar-refractivity contribution in [2.24, 2.45) is 7.05 Å². The van der Waals surface area contributed by atoms with Crippen molar-refractivity contribution in [2.45, 2.75) is 59.0 Å². The van der Waals surface area contributed by atoms with Crippen molar-refractivity contribution in [3.63, 3.8) is 0 Å². The highest BCUT2D eigenvalue weighted by molar-refractivity contribution is 5.83. The molecule has 168 valence electrons. The van der Waals surface area contributed by atoms with E-state index in [0.29, 0.717) is 33.6 Å². The molecule has 0 saturated carbocycles. The summed E-state index contributed by atoms with van der Waals surface area (Å²) < 4.78 is 108. The molecule has 1 aliphatic rings. The summed E-state index contributed by atoms with van der Waals surface area (Å²) >= 11 is 0. The van der Waals surface area contributed by atoms with Crippen molar-refractivity contribution < 1.29 is 21.1 Å². The molecule has 33 heavy (non-hydrogen) atoms. The van der Waals surface area contributed by atoms with Gasteiger partial charge in [0.1, 0.15) is 11.4 Å². The summed E-state index contributed by atoms with van der Waals surface area (Å²) in [5.41, 5.74) is -2.42. The number of nitrogens with zero attached hydrogens (tertiary/aromatic N) is 2. The Balaban J connectivity index is 2.19. The van der Waals surface area contributed by atoms with Crippen LogP contribution in [0.3, 0.4) is 0 Å². The maximum Gasteiger partial charge on any atom is 0.246 e. The van der Waals surface area contributed by atoms with Crippen LogP contribution in [0.4, 0.5) is 0 Å². The van der Waals surface area contributed by atoms with E-state index in [1.54, 1.807) is 80.2 Å². The molecule has 1 aromatic heterocycles. The molecule has 0 spiro atoms. The molecular weight excluding hydrogens is 400 g/mol. The Morgan fingerprint density at radius 1 is 0.818 bits per heavy atom. The molecule has 0 aliphatic carbocycles. The molecule has 2 nitrogen and oxygen atoms in total. The van der Waals surface area contributed by atoms with Gasteiger partial charge in [0.25, 0.3) is 0 Å². The molecule has 0 fully saturated rings. The first-order valence-corrected chi connectivity index (χ1v) is 11.0. The molecule has 1 unspecified atom stereocenters. The Kier molecular flexibility index (Phi) is 2.58. The van der Waals surface area contributed by atoms with Crippen LogP contribution in [-0.4, -0.2) is 4.68 Å². The first-order chi connectivity index (χ1) is 20.5. The van der Waals surface area contributed by atoms with Crippen LogP contribution in [0.25, 0.3) is 28.1 Å². The van der Waals surface area contributed by atoms with E-state index in [4.69, 9.17) is 16.4 Å². The van der Waals surface area contributed by atoms with Gasteiger partial charge in [0, 0.05) is 32.8 Å². The van der Waals surface area contributed by atoms with Gasteiger partial charge < -0.3 is 0 Å². The van der Waals surface area contributed by atoms with Crippen LogP contribution in [0.15, 0.2) is 66.7 Å². The number of rotatable bonds is 2. The van der Waals surface area contributed by atoms with E-state index in [1.807, 2.05) is 0 Å². The second kappa shape index (κ2) is 7.18. The maximum absolute atomic E-state index is 9.01. The fourth-order valence-electron chi connectivity index (χ4n) is 5.15. The minimum atomic E-state index is -3.37. The van der Waals surface area contributed by atoms with E-state index in [0.717, 1.165) is 0 Å². The Morgan fingerprint density at radius 2 is 1.55 bits per heavy atom. The Morgan fingerprint density at radius 3 is 2.24 bits per heavy atom. The minimum absolute atomic E-state index is 0.0579. The Bertz CT molecular complexity index is 1780. The summed E-state index contributed by atoms with van der Waals surface area (Å²) in [6, 6.07) is 18.3. The molecule has 0 amide bonds. The summed E-state index contributed by atoms with van der Waals surface area (Å²) in [5, 5.41) is 0. The third kappa shape index (κ3) is 2.96. The van der Waals surface area contributed by atoms with Gasteiger partial charge in [-0.2, -0.15) is 0 Å². The normalized spacial score (nSPS) is 25.6. The fraction of sp³-hybridized carbons (Fsp3) is 0.323. The number of para-hydroxylation sites is 1. The zero-order valence-corrected chi connectivity index (χ0v) is 19.2. The van der Waals surface area contributed by atoms with E-state index in [-0.39, 0.29) is 22.4 Å². The van der Waals surface area contributed by atoms with Gasteiger partial charge in [0.15, 0.2) is 7.05 Å². The van der Waals surface area contributed by atoms with Gasteiger partial charge in [-0.1, -0.05) is 93.2 Å². The van der Waals surface area contributed by atoms with Crippen LogP contribution >= 0.6 is 0 Å². The molecule has 2 heterocycles. The van der Waals surface area contributed by atoms with Gasteiger partial charge >= 0.3 is 0 Å². The van der Waals surface area contributed by atoms with Crippen molar-refractivity contribution in [3.05, 3.63) is 94.7 Å². The molecule has 0 N–H and O–H groups in total. The number of benzene rings is 3. The number of fused-ring (bicyclic) bond motifs is 3. The molecule has 4 aromatic rings. The largest absolute Gasteiger partial charge is 0.246 e. The van der Waals surface area contributed by atoms with Gasteiger partial charge in [-0.25, -0.2) is 0 Å². The molecule has 5 rings (SSSR count). The first-order valence-electron chi connectivity index (χ1n) is 17.0. The summed E-state index contributed by atoms with van der Waals surface area (Å²) in [5.74, 6) is 0. The molecule has 1 atom stereocenters. The maximum atomic E-state index is 9.01. The Labute approximate surface area is 215 Å². The third-order valence-electron chi connectivity index (χ3n) is 6.82.